The van der Waals surface area contributed by atoms with Crippen LogP contribution < -0.4 is 4.72 Å². The van der Waals surface area contributed by atoms with E-state index in [0.717, 1.165) is 0 Å². The Balaban J connectivity index is 1.67. The van der Waals surface area contributed by atoms with Crippen LogP contribution in [0.25, 0.3) is 0 Å². The van der Waals surface area contributed by atoms with Crippen molar-refractivity contribution in [2.45, 2.75) is 64.3 Å². The average Bonchev–Trinajstić information content (AvgIpc) is 3.21. The Morgan fingerprint density at radius 1 is 1.30 bits per heavy atom. The zero-order valence-electron chi connectivity index (χ0n) is 14.6. The van der Waals surface area contributed by atoms with Gasteiger partial charge < -0.3 is 4.74 Å². The molecule has 1 aromatic rings. The lowest BCUT2D eigenvalue weighted by molar-refractivity contribution is -0.148. The number of esters is 1. The lowest BCUT2D eigenvalue weighted by Crippen LogP contribution is -2.47. The van der Waals surface area contributed by atoms with Gasteiger partial charge in [-0.1, -0.05) is 17.7 Å². The van der Waals surface area contributed by atoms with Crippen molar-refractivity contribution in [2.24, 2.45) is 11.3 Å². The minimum Gasteiger partial charge on any atom is -0.465 e. The standard InChI is InChI=1S/C19H27NO2S/c1-5-22-18(21)16(15-10-19(11-15)6-7-19)20-23-17-13(3)8-12(2)9-14(17)4/h8-9,15-16,20H,5-7,10-11H2,1-4H3. The summed E-state index contributed by atoms with van der Waals surface area (Å²) in [5, 5.41) is 0. The number of rotatable bonds is 6. The number of carbonyl (C=O) groups excluding carboxylic acids is 1. The van der Waals surface area contributed by atoms with E-state index in [2.05, 4.69) is 37.6 Å². The number of carbonyl (C=O) groups is 1. The molecule has 126 valence electrons. The van der Waals surface area contributed by atoms with Crippen LogP contribution in [-0.4, -0.2) is 18.6 Å². The molecule has 0 amide bonds. The maximum atomic E-state index is 12.4. The van der Waals surface area contributed by atoms with Gasteiger partial charge in [0.25, 0.3) is 0 Å². The van der Waals surface area contributed by atoms with Crippen LogP contribution in [0.3, 0.4) is 0 Å². The summed E-state index contributed by atoms with van der Waals surface area (Å²) in [7, 11) is 0. The van der Waals surface area contributed by atoms with E-state index in [-0.39, 0.29) is 12.0 Å². The number of ether oxygens (including phenoxy) is 1. The summed E-state index contributed by atoms with van der Waals surface area (Å²) in [6.07, 6.45) is 5.05. The highest BCUT2D eigenvalue weighted by molar-refractivity contribution is 7.97. The van der Waals surface area contributed by atoms with Gasteiger partial charge in [-0.25, -0.2) is 4.72 Å². The van der Waals surface area contributed by atoms with Crippen LogP contribution in [0.4, 0.5) is 0 Å². The first kappa shape index (κ1) is 16.8. The van der Waals surface area contributed by atoms with E-state index in [1.165, 1.54) is 47.3 Å². The molecule has 0 saturated heterocycles. The van der Waals surface area contributed by atoms with Crippen molar-refractivity contribution in [1.29, 1.82) is 0 Å². The molecule has 1 aromatic carbocycles. The topological polar surface area (TPSA) is 38.3 Å². The van der Waals surface area contributed by atoms with Gasteiger partial charge in [-0.05, 0) is 87.8 Å². The van der Waals surface area contributed by atoms with Crippen LogP contribution in [0.1, 0.15) is 49.3 Å². The van der Waals surface area contributed by atoms with Gasteiger partial charge in [0.1, 0.15) is 6.04 Å². The van der Waals surface area contributed by atoms with Gasteiger partial charge in [0.2, 0.25) is 0 Å². The Labute approximate surface area is 143 Å². The second-order valence-corrected chi connectivity index (χ2v) is 8.19. The predicted octanol–water partition coefficient (Wildman–Crippen LogP) is 4.33. The van der Waals surface area contributed by atoms with Crippen LogP contribution in [0.2, 0.25) is 0 Å². The van der Waals surface area contributed by atoms with E-state index >= 15 is 0 Å². The second kappa shape index (κ2) is 6.48. The highest BCUT2D eigenvalue weighted by atomic mass is 32.2. The van der Waals surface area contributed by atoms with Gasteiger partial charge in [-0.3, -0.25) is 4.79 Å². The number of hydrogen-bond donors (Lipinski definition) is 1. The summed E-state index contributed by atoms with van der Waals surface area (Å²) in [6.45, 7) is 8.70. The normalized spacial score (nSPS) is 20.2. The van der Waals surface area contributed by atoms with E-state index in [0.29, 0.717) is 17.9 Å². The predicted molar refractivity (Wildman–Crippen MR) is 94.5 cm³/mol. The molecule has 0 bridgehead atoms. The summed E-state index contributed by atoms with van der Waals surface area (Å²) >= 11 is 1.59. The highest BCUT2D eigenvalue weighted by Crippen LogP contribution is 2.64. The van der Waals surface area contributed by atoms with Crippen LogP contribution in [0.15, 0.2) is 17.0 Å². The third-order valence-corrected chi connectivity index (χ3v) is 6.47. The molecule has 2 fully saturated rings. The maximum absolute atomic E-state index is 12.4. The summed E-state index contributed by atoms with van der Waals surface area (Å²) in [5.41, 5.74) is 4.39. The molecule has 4 heteroatoms. The second-order valence-electron chi connectivity index (χ2n) is 7.35. The van der Waals surface area contributed by atoms with Crippen LogP contribution in [-0.2, 0) is 9.53 Å². The Bertz CT molecular complexity index is 578. The maximum Gasteiger partial charge on any atom is 0.324 e. The van der Waals surface area contributed by atoms with Crippen molar-refractivity contribution in [3.63, 3.8) is 0 Å². The molecule has 1 atom stereocenters. The lowest BCUT2D eigenvalue weighted by Gasteiger charge is -2.40. The molecule has 1 spiro atoms. The molecule has 3 nitrogen and oxygen atoms in total. The van der Waals surface area contributed by atoms with E-state index in [9.17, 15) is 4.79 Å². The van der Waals surface area contributed by atoms with Crippen molar-refractivity contribution in [1.82, 2.24) is 4.72 Å². The average molecular weight is 333 g/mol. The van der Waals surface area contributed by atoms with Crippen LogP contribution in [0, 0.1) is 32.1 Å². The van der Waals surface area contributed by atoms with Crippen molar-refractivity contribution in [2.75, 3.05) is 6.61 Å². The molecule has 1 unspecified atom stereocenters. The Hall–Kier alpha value is -1.00. The number of aryl methyl sites for hydroxylation is 3. The van der Waals surface area contributed by atoms with Gasteiger partial charge in [0.15, 0.2) is 0 Å². The zero-order valence-corrected chi connectivity index (χ0v) is 15.4. The molecule has 2 saturated carbocycles. The molecule has 23 heavy (non-hydrogen) atoms. The largest absolute Gasteiger partial charge is 0.465 e. The summed E-state index contributed by atoms with van der Waals surface area (Å²) in [5.74, 6) is 0.332. The molecule has 0 aromatic heterocycles. The number of nitrogens with one attached hydrogen (secondary N) is 1. The zero-order chi connectivity index (χ0) is 16.6. The SMILES string of the molecule is CCOC(=O)C(NSc1c(C)cc(C)cc1C)C1CC2(CC2)C1. The first-order valence-electron chi connectivity index (χ1n) is 8.61. The smallest absolute Gasteiger partial charge is 0.324 e. The van der Waals surface area contributed by atoms with E-state index < -0.39 is 0 Å². The molecule has 0 aliphatic heterocycles. The van der Waals surface area contributed by atoms with Gasteiger partial charge in [-0.2, -0.15) is 0 Å². The molecule has 2 aliphatic carbocycles. The van der Waals surface area contributed by atoms with Crippen LogP contribution >= 0.6 is 11.9 Å². The van der Waals surface area contributed by atoms with Gasteiger partial charge >= 0.3 is 5.97 Å². The minimum absolute atomic E-state index is 0.0945. The van der Waals surface area contributed by atoms with Crippen LogP contribution in [0.5, 0.6) is 0 Å². The minimum atomic E-state index is -0.189. The summed E-state index contributed by atoms with van der Waals surface area (Å²) in [4.78, 5) is 13.6. The Morgan fingerprint density at radius 3 is 2.43 bits per heavy atom. The molecule has 1 N–H and O–H groups in total. The van der Waals surface area contributed by atoms with Gasteiger partial charge in [0.05, 0.1) is 6.61 Å². The fourth-order valence-corrected chi connectivity index (χ4v) is 4.87. The lowest BCUT2D eigenvalue weighted by atomic mass is 9.68. The summed E-state index contributed by atoms with van der Waals surface area (Å²) < 4.78 is 8.73. The first-order chi connectivity index (χ1) is 10.9. The van der Waals surface area contributed by atoms with Crippen molar-refractivity contribution < 1.29 is 9.53 Å². The molecule has 3 rings (SSSR count). The fraction of sp³-hybridized carbons (Fsp3) is 0.632. The van der Waals surface area contributed by atoms with Gasteiger partial charge in [-0.15, -0.1) is 0 Å². The van der Waals surface area contributed by atoms with Crippen molar-refractivity contribution in [3.05, 3.63) is 28.8 Å². The van der Waals surface area contributed by atoms with E-state index in [4.69, 9.17) is 4.74 Å². The Kier molecular flexibility index (Phi) is 4.75. The quantitative estimate of drug-likeness (QED) is 0.621. The van der Waals surface area contributed by atoms with Crippen molar-refractivity contribution in [3.8, 4) is 0 Å². The molecular formula is C19H27NO2S. The first-order valence-corrected chi connectivity index (χ1v) is 9.42. The molecule has 0 radical (unpaired) electrons. The highest BCUT2D eigenvalue weighted by Gasteiger charge is 2.56. The molecular weight excluding hydrogens is 306 g/mol. The number of benzene rings is 1. The Morgan fingerprint density at radius 2 is 1.91 bits per heavy atom. The third-order valence-electron chi connectivity index (χ3n) is 5.25. The monoisotopic (exact) mass is 333 g/mol. The van der Waals surface area contributed by atoms with Crippen molar-refractivity contribution >= 4 is 17.9 Å². The van der Waals surface area contributed by atoms with Gasteiger partial charge in [0, 0.05) is 4.90 Å². The molecule has 0 heterocycles. The van der Waals surface area contributed by atoms with E-state index in [1.807, 2.05) is 6.92 Å². The molecule has 2 aliphatic rings. The van der Waals surface area contributed by atoms with E-state index in [1.54, 1.807) is 11.9 Å². The summed E-state index contributed by atoms with van der Waals surface area (Å²) in [6, 6.07) is 4.20. The third kappa shape index (κ3) is 3.58. The number of hydrogen-bond acceptors (Lipinski definition) is 4. The fourth-order valence-electron chi connectivity index (χ4n) is 3.89.